The molecular formula is C23H16F3N3O6S. The van der Waals surface area contributed by atoms with Crippen molar-refractivity contribution in [2.45, 2.75) is 13.1 Å². The van der Waals surface area contributed by atoms with E-state index in [0.717, 1.165) is 41.7 Å². The SMILES string of the molecule is C/C(=N\NC(=O)c1ccc(C(=O)O)c([N+](=O)[O-])c1)c1csc(C=Cc2ccc(C(F)(F)F)cc2)c1O. The third-order valence-electron chi connectivity index (χ3n) is 4.86. The molecule has 1 amide bonds. The van der Waals surface area contributed by atoms with Crippen LogP contribution in [0.4, 0.5) is 18.9 Å². The highest BCUT2D eigenvalue weighted by molar-refractivity contribution is 7.11. The summed E-state index contributed by atoms with van der Waals surface area (Å²) in [5.74, 6) is -2.52. The van der Waals surface area contributed by atoms with Crippen molar-refractivity contribution in [3.05, 3.63) is 90.7 Å². The molecule has 0 aliphatic rings. The van der Waals surface area contributed by atoms with Crippen LogP contribution in [0.2, 0.25) is 0 Å². The molecule has 0 saturated carbocycles. The summed E-state index contributed by atoms with van der Waals surface area (Å²) in [5.41, 5.74) is 0.846. The predicted octanol–water partition coefficient (Wildman–Crippen LogP) is 5.40. The van der Waals surface area contributed by atoms with E-state index in [1.165, 1.54) is 31.2 Å². The van der Waals surface area contributed by atoms with Crippen molar-refractivity contribution in [2.75, 3.05) is 0 Å². The Bertz CT molecular complexity index is 1400. The zero-order valence-electron chi connectivity index (χ0n) is 18.2. The molecule has 1 aromatic heterocycles. The lowest BCUT2D eigenvalue weighted by Gasteiger charge is -2.05. The Morgan fingerprint density at radius 2 is 1.78 bits per heavy atom. The van der Waals surface area contributed by atoms with Crippen LogP contribution in [0, 0.1) is 10.1 Å². The number of nitro benzene ring substituents is 1. The summed E-state index contributed by atoms with van der Waals surface area (Å²) in [6, 6.07) is 7.33. The Hall–Kier alpha value is -4.52. The number of nitrogens with one attached hydrogen (secondary N) is 1. The molecule has 0 unspecified atom stereocenters. The van der Waals surface area contributed by atoms with Gasteiger partial charge in [-0.15, -0.1) is 11.3 Å². The molecule has 0 atom stereocenters. The van der Waals surface area contributed by atoms with Gasteiger partial charge in [0.25, 0.3) is 11.6 Å². The number of rotatable bonds is 7. The fraction of sp³-hybridized carbons (Fsp3) is 0.0870. The lowest BCUT2D eigenvalue weighted by Crippen LogP contribution is -2.19. The van der Waals surface area contributed by atoms with E-state index < -0.39 is 39.8 Å². The van der Waals surface area contributed by atoms with Gasteiger partial charge in [0.05, 0.1) is 26.6 Å². The average Bonchev–Trinajstić information content (AvgIpc) is 3.20. The summed E-state index contributed by atoms with van der Waals surface area (Å²) < 4.78 is 38.0. The molecule has 0 spiro atoms. The number of carboxylic acid groups (broad SMARTS) is 1. The summed E-state index contributed by atoms with van der Waals surface area (Å²) in [6.07, 6.45) is -1.40. The number of aromatic carboxylic acids is 1. The number of halogens is 3. The molecule has 3 N–H and O–H groups in total. The van der Waals surface area contributed by atoms with Crippen LogP contribution in [0.25, 0.3) is 12.2 Å². The maximum Gasteiger partial charge on any atom is 0.416 e. The molecule has 0 bridgehead atoms. The molecule has 0 fully saturated rings. The number of nitro groups is 1. The monoisotopic (exact) mass is 519 g/mol. The normalized spacial score (nSPS) is 12.1. The van der Waals surface area contributed by atoms with E-state index in [0.29, 0.717) is 10.4 Å². The number of nitrogens with zero attached hydrogens (tertiary/aromatic N) is 2. The van der Waals surface area contributed by atoms with Crippen LogP contribution >= 0.6 is 11.3 Å². The average molecular weight is 519 g/mol. The van der Waals surface area contributed by atoms with Gasteiger partial charge < -0.3 is 10.2 Å². The number of amides is 1. The number of hydrogen-bond acceptors (Lipinski definition) is 7. The molecule has 9 nitrogen and oxygen atoms in total. The summed E-state index contributed by atoms with van der Waals surface area (Å²) >= 11 is 1.13. The lowest BCUT2D eigenvalue weighted by molar-refractivity contribution is -0.385. The maximum atomic E-state index is 12.7. The molecule has 0 saturated heterocycles. The molecule has 0 radical (unpaired) electrons. The minimum atomic E-state index is -4.44. The Labute approximate surface area is 205 Å². The van der Waals surface area contributed by atoms with Crippen molar-refractivity contribution in [3.63, 3.8) is 0 Å². The molecule has 0 aliphatic carbocycles. The first kappa shape index (κ1) is 26.1. The van der Waals surface area contributed by atoms with Gasteiger partial charge in [-0.3, -0.25) is 14.9 Å². The Morgan fingerprint density at radius 1 is 1.11 bits per heavy atom. The Balaban J connectivity index is 1.74. The number of carboxylic acids is 1. The number of hydrazone groups is 1. The highest BCUT2D eigenvalue weighted by atomic mass is 32.1. The molecule has 0 aliphatic heterocycles. The minimum absolute atomic E-state index is 0.167. The first-order chi connectivity index (χ1) is 16.9. The van der Waals surface area contributed by atoms with Gasteiger partial charge in [0, 0.05) is 17.0 Å². The largest absolute Gasteiger partial charge is 0.506 e. The van der Waals surface area contributed by atoms with Crippen LogP contribution < -0.4 is 5.43 Å². The number of carbonyl (C=O) groups is 2. The Kier molecular flexibility index (Phi) is 7.53. The topological polar surface area (TPSA) is 142 Å². The van der Waals surface area contributed by atoms with Crippen LogP contribution in [0.15, 0.2) is 52.9 Å². The van der Waals surface area contributed by atoms with Gasteiger partial charge in [0.15, 0.2) is 0 Å². The quantitative estimate of drug-likeness (QED) is 0.217. The smallest absolute Gasteiger partial charge is 0.416 e. The van der Waals surface area contributed by atoms with E-state index >= 15 is 0 Å². The van der Waals surface area contributed by atoms with E-state index in [-0.39, 0.29) is 22.6 Å². The molecular weight excluding hydrogens is 503 g/mol. The third kappa shape index (κ3) is 5.93. The van der Waals surface area contributed by atoms with Crippen LogP contribution in [0.1, 0.15) is 49.2 Å². The molecule has 2 aromatic carbocycles. The summed E-state index contributed by atoms with van der Waals surface area (Å²) in [5, 5.41) is 36.0. The summed E-state index contributed by atoms with van der Waals surface area (Å²) in [7, 11) is 0. The standard InChI is InChI=1S/C23H16F3N3O6S/c1-12(27-28-21(31)14-5-8-16(22(32)33)18(10-14)29(34)35)17-11-36-19(20(17)30)9-4-13-2-6-15(7-3-13)23(24,25)26/h2-11,30H,1H3,(H,28,31)(H,32,33)/b9-4?,27-12+. The lowest BCUT2D eigenvalue weighted by atomic mass is 10.1. The van der Waals surface area contributed by atoms with Crippen molar-refractivity contribution in [2.24, 2.45) is 5.10 Å². The van der Waals surface area contributed by atoms with Crippen LogP contribution in [-0.2, 0) is 6.18 Å². The molecule has 1 heterocycles. The number of thiophene rings is 1. The molecule has 3 rings (SSSR count). The van der Waals surface area contributed by atoms with E-state index in [4.69, 9.17) is 5.11 Å². The first-order valence-electron chi connectivity index (χ1n) is 9.91. The van der Waals surface area contributed by atoms with Crippen molar-refractivity contribution >= 4 is 46.8 Å². The summed E-state index contributed by atoms with van der Waals surface area (Å²) in [6.45, 7) is 1.49. The van der Waals surface area contributed by atoms with Crippen molar-refractivity contribution in [3.8, 4) is 5.75 Å². The molecule has 3 aromatic rings. The predicted molar refractivity (Wildman–Crippen MR) is 126 cm³/mol. The molecule has 186 valence electrons. The van der Waals surface area contributed by atoms with Gasteiger partial charge in [-0.2, -0.15) is 18.3 Å². The van der Waals surface area contributed by atoms with E-state index in [1.807, 2.05) is 0 Å². The van der Waals surface area contributed by atoms with E-state index in [1.54, 1.807) is 5.38 Å². The van der Waals surface area contributed by atoms with Crippen molar-refractivity contribution < 1.29 is 37.9 Å². The van der Waals surface area contributed by atoms with Crippen molar-refractivity contribution in [1.82, 2.24) is 5.43 Å². The van der Waals surface area contributed by atoms with E-state index in [9.17, 15) is 38.0 Å². The number of hydrogen-bond donors (Lipinski definition) is 3. The molecule has 13 heteroatoms. The van der Waals surface area contributed by atoms with Gasteiger partial charge >= 0.3 is 12.1 Å². The van der Waals surface area contributed by atoms with Gasteiger partial charge in [-0.1, -0.05) is 18.2 Å². The van der Waals surface area contributed by atoms with Gasteiger partial charge in [0.1, 0.15) is 11.3 Å². The van der Waals surface area contributed by atoms with Crippen LogP contribution in [-0.4, -0.2) is 32.7 Å². The highest BCUT2D eigenvalue weighted by Crippen LogP contribution is 2.32. The number of benzene rings is 2. The Morgan fingerprint density at radius 3 is 2.36 bits per heavy atom. The highest BCUT2D eigenvalue weighted by Gasteiger charge is 2.29. The number of alkyl halides is 3. The van der Waals surface area contributed by atoms with Gasteiger partial charge in [-0.05, 0) is 42.8 Å². The second-order valence-corrected chi connectivity index (χ2v) is 8.16. The fourth-order valence-electron chi connectivity index (χ4n) is 2.96. The number of carbonyl (C=O) groups excluding carboxylic acids is 1. The van der Waals surface area contributed by atoms with Crippen LogP contribution in [0.5, 0.6) is 5.75 Å². The van der Waals surface area contributed by atoms with E-state index in [2.05, 4.69) is 10.5 Å². The first-order valence-corrected chi connectivity index (χ1v) is 10.8. The second kappa shape index (κ2) is 10.4. The zero-order valence-corrected chi connectivity index (χ0v) is 19.1. The van der Waals surface area contributed by atoms with Gasteiger partial charge in [0.2, 0.25) is 0 Å². The maximum absolute atomic E-state index is 12.7. The minimum Gasteiger partial charge on any atom is -0.506 e. The van der Waals surface area contributed by atoms with Crippen LogP contribution in [0.3, 0.4) is 0 Å². The molecule has 36 heavy (non-hydrogen) atoms. The number of aromatic hydroxyl groups is 1. The summed E-state index contributed by atoms with van der Waals surface area (Å²) in [4.78, 5) is 34.0. The fourth-order valence-corrected chi connectivity index (χ4v) is 3.86. The van der Waals surface area contributed by atoms with Crippen molar-refractivity contribution in [1.29, 1.82) is 0 Å². The van der Waals surface area contributed by atoms with Gasteiger partial charge in [-0.25, -0.2) is 10.2 Å². The zero-order chi connectivity index (χ0) is 26.6. The second-order valence-electron chi connectivity index (χ2n) is 7.25. The third-order valence-corrected chi connectivity index (χ3v) is 5.80.